The Morgan fingerprint density at radius 2 is 1.54 bits per heavy atom. The number of halogens is 1. The standard InChI is InChI=1S/C53H61FN2O15S/c1-8-55-49(63)68-36-26-37-52(28-66-37,71-30(4)57)43-45(70-47(61)33-20-22-34(54)23-21-33)53(64)27-35(29(3)39(50(53,5)6)41(44(59)51(36,43)7)69-38(58)24-25-72)67-48(62)42(65-9-2)40(31-16-12-10-13-17-31)56-46(60)32-18-14-11-15-19-32/h10-23,35-37,40-43,45,64,72H,8-9,24-28H2,1-7H3,(H,55,63)(H,56,60)/t35-,36-,37+,40-,41+,42+,43?,45?,51+,52-,53+/m0/s1. The Hall–Kier alpha value is -6.15. The Balaban J connectivity index is 1.46. The van der Waals surface area contributed by atoms with Gasteiger partial charge in [0.25, 0.3) is 5.91 Å². The number of rotatable bonds is 16. The number of ether oxygens (including phenoxy) is 7. The zero-order valence-corrected chi connectivity index (χ0v) is 42.0. The van der Waals surface area contributed by atoms with Gasteiger partial charge in [-0.15, -0.1) is 0 Å². The van der Waals surface area contributed by atoms with Crippen LogP contribution in [-0.4, -0.2) is 120 Å². The van der Waals surface area contributed by atoms with Gasteiger partial charge in [-0.1, -0.05) is 62.4 Å². The van der Waals surface area contributed by atoms with E-state index >= 15 is 9.59 Å². The molecular weight excluding hydrogens is 956 g/mol. The monoisotopic (exact) mass is 1020 g/mol. The molecule has 2 bridgehead atoms. The van der Waals surface area contributed by atoms with Gasteiger partial charge in [0.15, 0.2) is 23.6 Å². The van der Waals surface area contributed by atoms with E-state index in [1.165, 1.54) is 6.92 Å². The molecule has 386 valence electrons. The van der Waals surface area contributed by atoms with Gasteiger partial charge in [0.2, 0.25) is 0 Å². The van der Waals surface area contributed by atoms with Crippen LogP contribution in [0.5, 0.6) is 0 Å². The van der Waals surface area contributed by atoms with E-state index in [1.807, 2.05) is 0 Å². The van der Waals surface area contributed by atoms with E-state index in [9.17, 15) is 33.5 Å². The molecule has 1 saturated heterocycles. The lowest BCUT2D eigenvalue weighted by Gasteiger charge is -2.67. The van der Waals surface area contributed by atoms with Crippen molar-refractivity contribution in [2.75, 3.05) is 25.5 Å². The van der Waals surface area contributed by atoms with E-state index in [0.29, 0.717) is 11.1 Å². The molecule has 1 aliphatic heterocycles. The zero-order chi connectivity index (χ0) is 52.3. The van der Waals surface area contributed by atoms with Crippen molar-refractivity contribution in [1.29, 1.82) is 0 Å². The first kappa shape index (κ1) is 53.6. The third-order valence-electron chi connectivity index (χ3n) is 14.7. The van der Waals surface area contributed by atoms with Crippen molar-refractivity contribution in [3.63, 3.8) is 0 Å². The van der Waals surface area contributed by atoms with Crippen molar-refractivity contribution >= 4 is 54.3 Å². The number of Topliss-reactive ketones (excluding diaryl/α,β-unsaturated/α-hetero) is 1. The fourth-order valence-corrected chi connectivity index (χ4v) is 11.3. The van der Waals surface area contributed by atoms with Gasteiger partial charge in [0, 0.05) is 49.6 Å². The molecule has 2 amide bonds. The second-order valence-electron chi connectivity index (χ2n) is 19.2. The first-order valence-corrected chi connectivity index (χ1v) is 24.5. The van der Waals surface area contributed by atoms with Crippen LogP contribution in [0.2, 0.25) is 0 Å². The summed E-state index contributed by atoms with van der Waals surface area (Å²) in [5.41, 5.74) is -7.62. The number of nitrogens with one attached hydrogen (secondary N) is 2. The second-order valence-corrected chi connectivity index (χ2v) is 19.6. The Bertz CT molecular complexity index is 2580. The second kappa shape index (κ2) is 21.5. The highest BCUT2D eigenvalue weighted by molar-refractivity contribution is 7.80. The van der Waals surface area contributed by atoms with Crippen LogP contribution in [-0.2, 0) is 52.3 Å². The molecule has 3 fully saturated rings. The highest BCUT2D eigenvalue weighted by atomic mass is 32.1. The maximum atomic E-state index is 16.3. The predicted molar refractivity (Wildman–Crippen MR) is 258 cm³/mol. The fourth-order valence-electron chi connectivity index (χ4n) is 11.1. The van der Waals surface area contributed by atoms with Gasteiger partial charge in [-0.3, -0.25) is 19.2 Å². The van der Waals surface area contributed by atoms with Gasteiger partial charge in [0.1, 0.15) is 35.8 Å². The number of esters is 4. The van der Waals surface area contributed by atoms with Crippen LogP contribution < -0.4 is 10.6 Å². The number of fused-ring (bicyclic) bond motifs is 5. The van der Waals surface area contributed by atoms with Crippen LogP contribution >= 0.6 is 12.6 Å². The lowest BCUT2D eigenvalue weighted by atomic mass is 9.44. The number of carbonyl (C=O) groups excluding carboxylic acids is 7. The molecule has 2 saturated carbocycles. The SMILES string of the molecule is CCNC(=O)O[C@H]1C[C@H]2OC[C@@]2(OC(C)=O)C2C(OC(=O)c3ccc(F)cc3)[C@]3(O)C[C@H](OC(=O)[C@H](OCC)[C@@H](NC(=O)c4ccccc4)c4ccccc4)C(C)=C([C@@H](OC(=O)CCS)C(=O)[C@@]21C)C3(C)C. The average molecular weight is 1020 g/mol. The molecule has 0 radical (unpaired) electrons. The molecule has 4 aliphatic rings. The summed E-state index contributed by atoms with van der Waals surface area (Å²) in [4.78, 5) is 100. The lowest BCUT2D eigenvalue weighted by molar-refractivity contribution is -0.345. The minimum absolute atomic E-state index is 0.00631. The highest BCUT2D eigenvalue weighted by Gasteiger charge is 2.79. The zero-order valence-electron chi connectivity index (χ0n) is 41.1. The number of aliphatic hydroxyl groups is 1. The minimum Gasteiger partial charge on any atom is -0.456 e. The van der Waals surface area contributed by atoms with Gasteiger partial charge >= 0.3 is 30.0 Å². The Morgan fingerprint density at radius 1 is 0.889 bits per heavy atom. The summed E-state index contributed by atoms with van der Waals surface area (Å²) in [6.45, 7) is 10.2. The Labute approximate surface area is 422 Å². The topological polar surface area (TPSA) is 228 Å². The molecule has 72 heavy (non-hydrogen) atoms. The number of carbonyl (C=O) groups is 7. The average Bonchev–Trinajstić information content (AvgIpc) is 3.33. The summed E-state index contributed by atoms with van der Waals surface area (Å²) in [6.07, 6.45) is -11.6. The van der Waals surface area contributed by atoms with Crippen LogP contribution in [0.3, 0.4) is 0 Å². The van der Waals surface area contributed by atoms with E-state index in [-0.39, 0.29) is 48.5 Å². The fraction of sp³-hybridized carbons (Fsp3) is 0.491. The van der Waals surface area contributed by atoms with Crippen molar-refractivity contribution in [1.82, 2.24) is 10.6 Å². The van der Waals surface area contributed by atoms with Crippen molar-refractivity contribution in [2.45, 2.75) is 122 Å². The van der Waals surface area contributed by atoms with Crippen LogP contribution in [0.15, 0.2) is 96.1 Å². The smallest absolute Gasteiger partial charge is 0.407 e. The molecule has 7 rings (SSSR count). The predicted octanol–water partition coefficient (Wildman–Crippen LogP) is 5.97. The largest absolute Gasteiger partial charge is 0.456 e. The van der Waals surface area contributed by atoms with Gasteiger partial charge in [-0.05, 0) is 80.8 Å². The molecular formula is C53H61FN2O15S. The molecule has 19 heteroatoms. The van der Waals surface area contributed by atoms with Crippen molar-refractivity contribution in [3.8, 4) is 0 Å². The number of alkyl carbamates (subject to hydrolysis) is 1. The number of thiol groups is 1. The Kier molecular flexibility index (Phi) is 16.0. The minimum atomic E-state index is -2.51. The molecule has 3 aromatic carbocycles. The molecule has 3 aromatic rings. The highest BCUT2D eigenvalue weighted by Crippen LogP contribution is 2.65. The third kappa shape index (κ3) is 9.87. The Morgan fingerprint density at radius 3 is 2.12 bits per heavy atom. The normalized spacial score (nSPS) is 28.9. The lowest BCUT2D eigenvalue weighted by Crippen LogP contribution is -2.82. The quantitative estimate of drug-likeness (QED) is 0.0561. The number of ketones is 1. The summed E-state index contributed by atoms with van der Waals surface area (Å²) in [6, 6.07) is 20.1. The number of hydrogen-bond donors (Lipinski definition) is 4. The summed E-state index contributed by atoms with van der Waals surface area (Å²) in [7, 11) is 0. The van der Waals surface area contributed by atoms with Crippen LogP contribution in [0.25, 0.3) is 0 Å². The van der Waals surface area contributed by atoms with Gasteiger partial charge in [-0.25, -0.2) is 18.8 Å². The van der Waals surface area contributed by atoms with Gasteiger partial charge in [-0.2, -0.15) is 12.6 Å². The van der Waals surface area contributed by atoms with Crippen molar-refractivity contribution in [3.05, 3.63) is 119 Å². The molecule has 2 unspecified atom stereocenters. The third-order valence-corrected chi connectivity index (χ3v) is 14.9. The van der Waals surface area contributed by atoms with E-state index in [4.69, 9.17) is 33.2 Å². The van der Waals surface area contributed by atoms with E-state index in [1.54, 1.807) is 95.3 Å². The van der Waals surface area contributed by atoms with Crippen molar-refractivity contribution < 1.29 is 76.2 Å². The van der Waals surface area contributed by atoms with E-state index < -0.39 is 131 Å². The van der Waals surface area contributed by atoms with Crippen LogP contribution in [0.4, 0.5) is 9.18 Å². The summed E-state index contributed by atoms with van der Waals surface area (Å²) in [5.74, 6) is -7.61. The van der Waals surface area contributed by atoms with Gasteiger partial charge < -0.3 is 48.9 Å². The molecule has 17 nitrogen and oxygen atoms in total. The van der Waals surface area contributed by atoms with E-state index in [2.05, 4.69) is 23.3 Å². The van der Waals surface area contributed by atoms with E-state index in [0.717, 1.165) is 31.2 Å². The van der Waals surface area contributed by atoms with Crippen LogP contribution in [0.1, 0.15) is 100 Å². The first-order chi connectivity index (χ1) is 34.2. The molecule has 1 heterocycles. The number of hydrogen-bond acceptors (Lipinski definition) is 16. The summed E-state index contributed by atoms with van der Waals surface area (Å²) in [5, 5.41) is 19.6. The molecule has 0 aromatic heterocycles. The molecule has 3 aliphatic carbocycles. The van der Waals surface area contributed by atoms with Gasteiger partial charge in [0.05, 0.1) is 36.0 Å². The summed E-state index contributed by atoms with van der Waals surface area (Å²) >= 11 is 4.23. The number of benzene rings is 3. The molecule has 3 N–H and O–H groups in total. The molecule has 11 atom stereocenters. The van der Waals surface area contributed by atoms with Crippen molar-refractivity contribution in [2.24, 2.45) is 16.7 Å². The maximum Gasteiger partial charge on any atom is 0.407 e. The maximum absolute atomic E-state index is 16.3. The molecule has 0 spiro atoms. The number of amides is 2. The first-order valence-electron chi connectivity index (χ1n) is 23.9. The van der Waals surface area contributed by atoms with Crippen LogP contribution in [0, 0.1) is 22.6 Å². The summed E-state index contributed by atoms with van der Waals surface area (Å²) < 4.78 is 57.9.